The second-order valence-corrected chi connectivity index (χ2v) is 5.16. The fourth-order valence-corrected chi connectivity index (χ4v) is 3.01. The standard InChI is InChI=1S/C14H15N7/c15-6-5-10-9-20(12-4-2-1-3-11(10)12)14-8-16-7-13-17-18-19-21(13)14/h1-4,7-8,10H,5-6,9,15H2. The van der Waals surface area contributed by atoms with Gasteiger partial charge in [-0.2, -0.15) is 4.52 Å². The Bertz CT molecular complexity index is 782. The van der Waals surface area contributed by atoms with Crippen LogP contribution in [0.25, 0.3) is 5.65 Å². The number of rotatable bonds is 3. The summed E-state index contributed by atoms with van der Waals surface area (Å²) >= 11 is 0. The van der Waals surface area contributed by atoms with Gasteiger partial charge in [-0.3, -0.25) is 4.98 Å². The highest BCUT2D eigenvalue weighted by Crippen LogP contribution is 2.41. The van der Waals surface area contributed by atoms with Gasteiger partial charge < -0.3 is 10.6 Å². The molecule has 2 N–H and O–H groups in total. The van der Waals surface area contributed by atoms with Crippen molar-refractivity contribution in [1.82, 2.24) is 25.0 Å². The summed E-state index contributed by atoms with van der Waals surface area (Å²) in [6.45, 7) is 1.55. The van der Waals surface area contributed by atoms with Crippen LogP contribution in [-0.2, 0) is 0 Å². The van der Waals surface area contributed by atoms with E-state index in [9.17, 15) is 0 Å². The number of hydrogen-bond donors (Lipinski definition) is 1. The summed E-state index contributed by atoms with van der Waals surface area (Å²) in [5.41, 5.74) is 8.91. The van der Waals surface area contributed by atoms with Gasteiger partial charge in [0, 0.05) is 18.2 Å². The molecule has 0 aliphatic carbocycles. The van der Waals surface area contributed by atoms with Crippen molar-refractivity contribution in [3.05, 3.63) is 42.2 Å². The Morgan fingerprint density at radius 2 is 2.14 bits per heavy atom. The zero-order valence-electron chi connectivity index (χ0n) is 11.4. The second-order valence-electron chi connectivity index (χ2n) is 5.16. The van der Waals surface area contributed by atoms with Gasteiger partial charge in [-0.15, -0.1) is 5.10 Å². The van der Waals surface area contributed by atoms with E-state index in [1.165, 1.54) is 11.3 Å². The topological polar surface area (TPSA) is 85.2 Å². The third-order valence-corrected chi connectivity index (χ3v) is 3.95. The number of anilines is 2. The van der Waals surface area contributed by atoms with Gasteiger partial charge in [0.1, 0.15) is 0 Å². The molecular weight excluding hydrogens is 266 g/mol. The first-order valence-corrected chi connectivity index (χ1v) is 6.97. The summed E-state index contributed by atoms with van der Waals surface area (Å²) in [7, 11) is 0. The maximum Gasteiger partial charge on any atom is 0.199 e. The Hall–Kier alpha value is -2.54. The van der Waals surface area contributed by atoms with Crippen LogP contribution in [-0.4, -0.2) is 38.1 Å². The summed E-state index contributed by atoms with van der Waals surface area (Å²) in [5.74, 6) is 1.31. The predicted molar refractivity (Wildman–Crippen MR) is 78.4 cm³/mol. The molecule has 7 nitrogen and oxygen atoms in total. The van der Waals surface area contributed by atoms with Gasteiger partial charge in [0.2, 0.25) is 0 Å². The number of nitrogens with zero attached hydrogens (tertiary/aromatic N) is 6. The summed E-state index contributed by atoms with van der Waals surface area (Å²) < 4.78 is 1.72. The molecule has 1 aliphatic rings. The zero-order valence-corrected chi connectivity index (χ0v) is 11.4. The molecule has 106 valence electrons. The zero-order chi connectivity index (χ0) is 14.2. The van der Waals surface area contributed by atoms with Crippen LogP contribution in [0.1, 0.15) is 17.9 Å². The van der Waals surface area contributed by atoms with Crippen molar-refractivity contribution in [3.63, 3.8) is 0 Å². The van der Waals surface area contributed by atoms with Gasteiger partial charge in [-0.05, 0) is 35.0 Å². The Morgan fingerprint density at radius 3 is 3.05 bits per heavy atom. The van der Waals surface area contributed by atoms with E-state index in [0.717, 1.165) is 18.8 Å². The number of para-hydroxylation sites is 1. The van der Waals surface area contributed by atoms with Gasteiger partial charge in [0.25, 0.3) is 0 Å². The van der Waals surface area contributed by atoms with E-state index in [4.69, 9.17) is 5.73 Å². The van der Waals surface area contributed by atoms with Crippen LogP contribution in [0, 0.1) is 0 Å². The molecule has 0 radical (unpaired) electrons. The minimum atomic E-state index is 0.429. The van der Waals surface area contributed by atoms with Crippen LogP contribution in [0.4, 0.5) is 11.5 Å². The molecule has 7 heteroatoms. The van der Waals surface area contributed by atoms with E-state index in [2.05, 4.69) is 43.6 Å². The SMILES string of the molecule is NCCC1CN(c2cncc3nnnn23)c2ccccc21. The fourth-order valence-electron chi connectivity index (χ4n) is 3.01. The van der Waals surface area contributed by atoms with Crippen LogP contribution in [0.15, 0.2) is 36.7 Å². The van der Waals surface area contributed by atoms with E-state index in [1.807, 2.05) is 6.07 Å². The lowest BCUT2D eigenvalue weighted by Crippen LogP contribution is -2.20. The average Bonchev–Trinajstić information content (AvgIpc) is 3.12. The third kappa shape index (κ3) is 1.85. The molecule has 1 unspecified atom stereocenters. The molecule has 0 spiro atoms. The van der Waals surface area contributed by atoms with Crippen molar-refractivity contribution in [1.29, 1.82) is 0 Å². The highest BCUT2D eigenvalue weighted by Gasteiger charge is 2.30. The predicted octanol–water partition coefficient (Wildman–Crippen LogP) is 1.10. The van der Waals surface area contributed by atoms with Crippen LogP contribution in [0.3, 0.4) is 0 Å². The first-order valence-electron chi connectivity index (χ1n) is 6.97. The lowest BCUT2D eigenvalue weighted by Gasteiger charge is -2.19. The number of aromatic nitrogens is 5. The molecule has 1 aliphatic heterocycles. The number of hydrogen-bond acceptors (Lipinski definition) is 6. The van der Waals surface area contributed by atoms with E-state index in [-0.39, 0.29) is 0 Å². The average molecular weight is 281 g/mol. The van der Waals surface area contributed by atoms with E-state index < -0.39 is 0 Å². The summed E-state index contributed by atoms with van der Waals surface area (Å²) in [4.78, 5) is 6.46. The Morgan fingerprint density at radius 1 is 1.24 bits per heavy atom. The van der Waals surface area contributed by atoms with Crippen LogP contribution >= 0.6 is 0 Å². The van der Waals surface area contributed by atoms with Gasteiger partial charge in [0.15, 0.2) is 11.5 Å². The van der Waals surface area contributed by atoms with Crippen molar-refractivity contribution >= 4 is 17.2 Å². The quantitative estimate of drug-likeness (QED) is 0.774. The van der Waals surface area contributed by atoms with Gasteiger partial charge >= 0.3 is 0 Å². The molecule has 0 saturated heterocycles. The van der Waals surface area contributed by atoms with Crippen molar-refractivity contribution in [2.24, 2.45) is 5.73 Å². The maximum absolute atomic E-state index is 5.76. The Labute approximate surface area is 121 Å². The molecular formula is C14H15N7. The highest BCUT2D eigenvalue weighted by atomic mass is 15.5. The normalized spacial score (nSPS) is 17.4. The molecule has 21 heavy (non-hydrogen) atoms. The molecule has 2 aromatic heterocycles. The molecule has 0 amide bonds. The smallest absolute Gasteiger partial charge is 0.199 e. The molecule has 0 bridgehead atoms. The first-order chi connectivity index (χ1) is 10.4. The van der Waals surface area contributed by atoms with Crippen LogP contribution < -0.4 is 10.6 Å². The molecule has 0 saturated carbocycles. The minimum absolute atomic E-state index is 0.429. The van der Waals surface area contributed by atoms with Crippen LogP contribution in [0.5, 0.6) is 0 Å². The third-order valence-electron chi connectivity index (χ3n) is 3.95. The molecule has 1 atom stereocenters. The lowest BCUT2D eigenvalue weighted by molar-refractivity contribution is 0.663. The van der Waals surface area contributed by atoms with Crippen LogP contribution in [0.2, 0.25) is 0 Å². The molecule has 3 heterocycles. The van der Waals surface area contributed by atoms with Crippen molar-refractivity contribution in [3.8, 4) is 0 Å². The van der Waals surface area contributed by atoms with Crippen molar-refractivity contribution < 1.29 is 0 Å². The maximum atomic E-state index is 5.76. The molecule has 3 aromatic rings. The lowest BCUT2D eigenvalue weighted by atomic mass is 9.98. The molecule has 4 rings (SSSR count). The van der Waals surface area contributed by atoms with Crippen molar-refractivity contribution in [2.75, 3.05) is 18.0 Å². The Balaban J connectivity index is 1.85. The fraction of sp³-hybridized carbons (Fsp3) is 0.286. The number of fused-ring (bicyclic) bond motifs is 2. The Kier molecular flexibility index (Phi) is 2.78. The first kappa shape index (κ1) is 12.2. The van der Waals surface area contributed by atoms with E-state index in [0.29, 0.717) is 18.1 Å². The minimum Gasteiger partial charge on any atom is -0.330 e. The highest BCUT2D eigenvalue weighted by molar-refractivity contribution is 5.69. The second kappa shape index (κ2) is 4.78. The summed E-state index contributed by atoms with van der Waals surface area (Å²) in [6.07, 6.45) is 4.42. The summed E-state index contributed by atoms with van der Waals surface area (Å²) in [6, 6.07) is 8.41. The summed E-state index contributed by atoms with van der Waals surface area (Å²) in [5, 5.41) is 11.7. The van der Waals surface area contributed by atoms with Crippen molar-refractivity contribution in [2.45, 2.75) is 12.3 Å². The largest absolute Gasteiger partial charge is 0.330 e. The molecule has 0 fully saturated rings. The monoisotopic (exact) mass is 281 g/mol. The van der Waals surface area contributed by atoms with Gasteiger partial charge in [-0.25, -0.2) is 0 Å². The van der Waals surface area contributed by atoms with Gasteiger partial charge in [0.05, 0.1) is 12.4 Å². The number of benzene rings is 1. The number of nitrogens with two attached hydrogens (primary N) is 1. The number of tetrazole rings is 1. The van der Waals surface area contributed by atoms with Gasteiger partial charge in [-0.1, -0.05) is 18.2 Å². The van der Waals surface area contributed by atoms with E-state index in [1.54, 1.807) is 16.9 Å². The molecule has 1 aromatic carbocycles. The van der Waals surface area contributed by atoms with E-state index >= 15 is 0 Å².